The molecule has 17 heavy (non-hydrogen) atoms. The number of carboxylic acid groups (broad SMARTS) is 1. The van der Waals surface area contributed by atoms with Crippen LogP contribution in [0.1, 0.15) is 26.7 Å². The van der Waals surface area contributed by atoms with Gasteiger partial charge < -0.3 is 14.6 Å². The van der Waals surface area contributed by atoms with Crippen molar-refractivity contribution >= 4 is 15.8 Å². The summed E-state index contributed by atoms with van der Waals surface area (Å²) in [5.41, 5.74) is 0. The third-order valence-electron chi connectivity index (χ3n) is 2.32. The molecule has 0 bridgehead atoms. The molecule has 0 amide bonds. The zero-order valence-electron chi connectivity index (χ0n) is 10.2. The van der Waals surface area contributed by atoms with Crippen LogP contribution in [0, 0.1) is 0 Å². The summed E-state index contributed by atoms with van der Waals surface area (Å²) in [4.78, 5) is 10.6. The number of hydrogen-bond donors (Lipinski definition) is 1. The summed E-state index contributed by atoms with van der Waals surface area (Å²) in [5, 5.41) is 8.72. The van der Waals surface area contributed by atoms with Gasteiger partial charge in [0, 0.05) is 12.7 Å². The van der Waals surface area contributed by atoms with Crippen LogP contribution in [0.3, 0.4) is 0 Å². The molecule has 0 aliphatic carbocycles. The molecular formula is C10H18O6S. The summed E-state index contributed by atoms with van der Waals surface area (Å²) in [7, 11) is -3.15. The lowest BCUT2D eigenvalue weighted by atomic mass is 10.1. The number of hydrogen-bond acceptors (Lipinski definition) is 5. The highest BCUT2D eigenvalue weighted by Crippen LogP contribution is 2.28. The Balaban J connectivity index is 2.70. The van der Waals surface area contributed by atoms with E-state index in [-0.39, 0.29) is 18.6 Å². The smallest absolute Gasteiger partial charge is 0.305 e. The van der Waals surface area contributed by atoms with Crippen molar-refractivity contribution in [2.45, 2.75) is 44.7 Å². The molecule has 0 radical (unpaired) electrons. The predicted octanol–water partition coefficient (Wildman–Crippen LogP) is 0.416. The Morgan fingerprint density at radius 3 is 2.35 bits per heavy atom. The van der Waals surface area contributed by atoms with Gasteiger partial charge in [0.15, 0.2) is 5.79 Å². The van der Waals surface area contributed by atoms with Gasteiger partial charge in [0.1, 0.15) is 9.84 Å². The number of rotatable bonds is 4. The van der Waals surface area contributed by atoms with Gasteiger partial charge in [-0.1, -0.05) is 0 Å². The minimum atomic E-state index is -3.15. The van der Waals surface area contributed by atoms with Crippen LogP contribution in [-0.4, -0.2) is 49.5 Å². The zero-order valence-corrected chi connectivity index (χ0v) is 11.0. The van der Waals surface area contributed by atoms with Gasteiger partial charge in [0.25, 0.3) is 0 Å². The Labute approximate surface area is 101 Å². The van der Waals surface area contributed by atoms with E-state index < -0.39 is 33.8 Å². The highest BCUT2D eigenvalue weighted by Gasteiger charge is 2.37. The minimum Gasteiger partial charge on any atom is -0.481 e. The molecule has 0 spiro atoms. The van der Waals surface area contributed by atoms with Crippen molar-refractivity contribution in [3.63, 3.8) is 0 Å². The van der Waals surface area contributed by atoms with Crippen molar-refractivity contribution in [1.29, 1.82) is 0 Å². The maximum atomic E-state index is 11.2. The quantitative estimate of drug-likeness (QED) is 0.793. The van der Waals surface area contributed by atoms with E-state index in [0.29, 0.717) is 0 Å². The van der Waals surface area contributed by atoms with Crippen molar-refractivity contribution in [1.82, 2.24) is 0 Å². The molecule has 0 aromatic rings. The van der Waals surface area contributed by atoms with Crippen molar-refractivity contribution in [2.24, 2.45) is 0 Å². The van der Waals surface area contributed by atoms with Gasteiger partial charge >= 0.3 is 5.97 Å². The molecule has 1 aliphatic rings. The van der Waals surface area contributed by atoms with Crippen LogP contribution in [0.2, 0.25) is 0 Å². The number of carbonyl (C=O) groups is 1. The molecule has 2 atom stereocenters. The van der Waals surface area contributed by atoms with Crippen LogP contribution >= 0.6 is 0 Å². The van der Waals surface area contributed by atoms with Gasteiger partial charge in [-0.25, -0.2) is 8.42 Å². The van der Waals surface area contributed by atoms with Crippen molar-refractivity contribution in [3.8, 4) is 0 Å². The number of carboxylic acids is 1. The van der Waals surface area contributed by atoms with E-state index >= 15 is 0 Å². The second-order valence-corrected chi connectivity index (χ2v) is 6.99. The Morgan fingerprint density at radius 2 is 1.88 bits per heavy atom. The number of sulfone groups is 1. The third-order valence-corrected chi connectivity index (χ3v) is 3.29. The molecule has 1 fully saturated rings. The maximum absolute atomic E-state index is 11.2. The molecular weight excluding hydrogens is 248 g/mol. The van der Waals surface area contributed by atoms with Crippen LogP contribution in [0.5, 0.6) is 0 Å². The van der Waals surface area contributed by atoms with E-state index in [1.54, 1.807) is 13.8 Å². The molecule has 7 heteroatoms. The fourth-order valence-electron chi connectivity index (χ4n) is 1.98. The molecule has 1 N–H and O–H groups in total. The van der Waals surface area contributed by atoms with Crippen LogP contribution in [0.25, 0.3) is 0 Å². The normalized spacial score (nSPS) is 28.9. The SMILES string of the molecule is CC1(C)O[C@@H](CC(=O)O)C[C@@H](CS(C)(=O)=O)O1. The second kappa shape index (κ2) is 4.91. The minimum absolute atomic E-state index is 0.115. The Hall–Kier alpha value is -0.660. The van der Waals surface area contributed by atoms with Gasteiger partial charge in [0.2, 0.25) is 0 Å². The molecule has 6 nitrogen and oxygen atoms in total. The summed E-state index contributed by atoms with van der Waals surface area (Å²) in [6.07, 6.45) is 0.238. The van der Waals surface area contributed by atoms with E-state index in [4.69, 9.17) is 14.6 Å². The average molecular weight is 266 g/mol. The predicted molar refractivity (Wildman–Crippen MR) is 60.4 cm³/mol. The van der Waals surface area contributed by atoms with Gasteiger partial charge in [-0.3, -0.25) is 4.79 Å². The lowest BCUT2D eigenvalue weighted by Crippen LogP contribution is -2.47. The lowest BCUT2D eigenvalue weighted by Gasteiger charge is -2.40. The maximum Gasteiger partial charge on any atom is 0.305 e. The number of ether oxygens (including phenoxy) is 2. The molecule has 1 heterocycles. The fourth-order valence-corrected chi connectivity index (χ4v) is 2.86. The zero-order chi connectivity index (χ0) is 13.3. The molecule has 0 aromatic carbocycles. The highest BCUT2D eigenvalue weighted by atomic mass is 32.2. The van der Waals surface area contributed by atoms with E-state index in [1.807, 2.05) is 0 Å². The molecule has 1 rings (SSSR count). The third kappa shape index (κ3) is 5.47. The summed E-state index contributed by atoms with van der Waals surface area (Å²) in [5.74, 6) is -2.03. The first-order valence-electron chi connectivity index (χ1n) is 5.32. The molecule has 0 aromatic heterocycles. The monoisotopic (exact) mass is 266 g/mol. The topological polar surface area (TPSA) is 89.9 Å². The van der Waals surface area contributed by atoms with Crippen molar-refractivity contribution < 1.29 is 27.8 Å². The van der Waals surface area contributed by atoms with Crippen molar-refractivity contribution in [2.75, 3.05) is 12.0 Å². The van der Waals surface area contributed by atoms with E-state index in [1.165, 1.54) is 0 Å². The van der Waals surface area contributed by atoms with Crippen LogP contribution in [-0.2, 0) is 24.1 Å². The van der Waals surface area contributed by atoms with Crippen LogP contribution in [0.4, 0.5) is 0 Å². The largest absolute Gasteiger partial charge is 0.481 e. The molecule has 0 saturated carbocycles. The molecule has 1 aliphatic heterocycles. The van der Waals surface area contributed by atoms with Gasteiger partial charge in [0.05, 0.1) is 24.4 Å². The Bertz CT molecular complexity index is 386. The standard InChI is InChI=1S/C10H18O6S/c1-10(2)15-7(5-9(11)12)4-8(16-10)6-17(3,13)14/h7-8H,4-6H2,1-3H3,(H,11,12)/t7-,8+/m1/s1. The van der Waals surface area contributed by atoms with E-state index in [2.05, 4.69) is 0 Å². The van der Waals surface area contributed by atoms with Crippen LogP contribution in [0.15, 0.2) is 0 Å². The average Bonchev–Trinajstić information content (AvgIpc) is 1.93. The summed E-state index contributed by atoms with van der Waals surface area (Å²) in [6, 6.07) is 0. The first-order valence-corrected chi connectivity index (χ1v) is 7.38. The van der Waals surface area contributed by atoms with E-state index in [9.17, 15) is 13.2 Å². The number of aliphatic carboxylic acids is 1. The fraction of sp³-hybridized carbons (Fsp3) is 0.900. The molecule has 1 saturated heterocycles. The van der Waals surface area contributed by atoms with Gasteiger partial charge in [-0.05, 0) is 13.8 Å². The van der Waals surface area contributed by atoms with Crippen LogP contribution < -0.4 is 0 Å². The first kappa shape index (κ1) is 14.4. The summed E-state index contributed by atoms with van der Waals surface area (Å²) in [6.45, 7) is 3.30. The Morgan fingerprint density at radius 1 is 1.35 bits per heavy atom. The van der Waals surface area contributed by atoms with E-state index in [0.717, 1.165) is 6.26 Å². The van der Waals surface area contributed by atoms with Gasteiger partial charge in [-0.15, -0.1) is 0 Å². The summed E-state index contributed by atoms with van der Waals surface area (Å²) >= 11 is 0. The summed E-state index contributed by atoms with van der Waals surface area (Å²) < 4.78 is 33.3. The Kier molecular flexibility index (Phi) is 4.16. The lowest BCUT2D eigenvalue weighted by molar-refractivity contribution is -0.295. The first-order chi connectivity index (χ1) is 7.57. The van der Waals surface area contributed by atoms with Crippen molar-refractivity contribution in [3.05, 3.63) is 0 Å². The molecule has 0 unspecified atom stereocenters. The highest BCUT2D eigenvalue weighted by molar-refractivity contribution is 7.90. The molecule has 100 valence electrons. The second-order valence-electron chi connectivity index (χ2n) is 4.81. The van der Waals surface area contributed by atoms with Gasteiger partial charge in [-0.2, -0.15) is 0 Å².